The third kappa shape index (κ3) is 2.61. The number of rotatable bonds is 2. The van der Waals surface area contributed by atoms with Gasteiger partial charge in [0.05, 0.1) is 0 Å². The highest BCUT2D eigenvalue weighted by Gasteiger charge is 2.31. The zero-order valence-corrected chi connectivity index (χ0v) is 10.9. The maximum absolute atomic E-state index is 13.0. The molecule has 2 fully saturated rings. The van der Waals surface area contributed by atoms with Crippen LogP contribution in [0.2, 0.25) is 0 Å². The first-order valence-electron chi connectivity index (χ1n) is 6.89. The summed E-state index contributed by atoms with van der Waals surface area (Å²) in [6, 6.07) is 3.28. The number of likely N-dealkylation sites (tertiary alicyclic amines) is 2. The Balaban J connectivity index is 1.65. The number of pyridine rings is 1. The summed E-state index contributed by atoms with van der Waals surface area (Å²) < 4.78 is 13.0. The number of hydrogen-bond donors (Lipinski definition) is 0. The zero-order valence-electron chi connectivity index (χ0n) is 10.9. The van der Waals surface area contributed by atoms with Crippen LogP contribution in [0.15, 0.2) is 18.3 Å². The van der Waals surface area contributed by atoms with Crippen LogP contribution in [0.3, 0.4) is 0 Å². The maximum atomic E-state index is 13.0. The van der Waals surface area contributed by atoms with Crippen LogP contribution in [0.5, 0.6) is 0 Å². The molecule has 1 aromatic heterocycles. The summed E-state index contributed by atoms with van der Waals surface area (Å²) >= 11 is 0. The molecule has 4 nitrogen and oxygen atoms in total. The Morgan fingerprint density at radius 3 is 2.84 bits per heavy atom. The van der Waals surface area contributed by atoms with Crippen molar-refractivity contribution in [3.8, 4) is 0 Å². The van der Waals surface area contributed by atoms with Gasteiger partial charge in [-0.25, -0.2) is 4.98 Å². The van der Waals surface area contributed by atoms with Crippen LogP contribution in [0.4, 0.5) is 4.39 Å². The Labute approximate surface area is 112 Å². The van der Waals surface area contributed by atoms with E-state index in [0.29, 0.717) is 11.6 Å². The SMILES string of the molecule is O=C(c1ccnc(F)c1)N1CCC(N2CCCC2)C1. The van der Waals surface area contributed by atoms with Gasteiger partial charge in [-0.2, -0.15) is 4.39 Å². The van der Waals surface area contributed by atoms with Gasteiger partial charge in [0.25, 0.3) is 5.91 Å². The van der Waals surface area contributed by atoms with Crippen LogP contribution >= 0.6 is 0 Å². The predicted molar refractivity (Wildman–Crippen MR) is 69.3 cm³/mol. The Morgan fingerprint density at radius 1 is 1.32 bits per heavy atom. The summed E-state index contributed by atoms with van der Waals surface area (Å²) in [4.78, 5) is 20.1. The number of amides is 1. The molecule has 1 unspecified atom stereocenters. The number of aromatic nitrogens is 1. The van der Waals surface area contributed by atoms with Gasteiger partial charge in [-0.3, -0.25) is 9.69 Å². The molecule has 19 heavy (non-hydrogen) atoms. The van der Waals surface area contributed by atoms with Crippen molar-refractivity contribution in [3.63, 3.8) is 0 Å². The number of halogens is 1. The summed E-state index contributed by atoms with van der Waals surface area (Å²) in [5.74, 6) is -0.677. The summed E-state index contributed by atoms with van der Waals surface area (Å²) in [6.45, 7) is 3.83. The van der Waals surface area contributed by atoms with E-state index in [1.165, 1.54) is 25.1 Å². The van der Waals surface area contributed by atoms with Gasteiger partial charge in [-0.1, -0.05) is 0 Å². The molecule has 0 radical (unpaired) electrons. The second kappa shape index (κ2) is 5.25. The number of nitrogens with zero attached hydrogens (tertiary/aromatic N) is 3. The summed E-state index contributed by atoms with van der Waals surface area (Å²) in [5.41, 5.74) is 0.398. The van der Waals surface area contributed by atoms with E-state index in [4.69, 9.17) is 0 Å². The molecule has 1 aromatic rings. The van der Waals surface area contributed by atoms with Crippen molar-refractivity contribution in [1.29, 1.82) is 0 Å². The van der Waals surface area contributed by atoms with E-state index < -0.39 is 5.95 Å². The lowest BCUT2D eigenvalue weighted by atomic mass is 10.2. The van der Waals surface area contributed by atoms with Crippen LogP contribution in [0.25, 0.3) is 0 Å². The normalized spacial score (nSPS) is 24.1. The van der Waals surface area contributed by atoms with E-state index in [-0.39, 0.29) is 5.91 Å². The molecule has 5 heteroatoms. The van der Waals surface area contributed by atoms with E-state index in [0.717, 1.165) is 32.6 Å². The third-order valence-corrected chi connectivity index (χ3v) is 4.08. The lowest BCUT2D eigenvalue weighted by Crippen LogP contribution is -2.37. The highest BCUT2D eigenvalue weighted by molar-refractivity contribution is 5.94. The molecule has 2 aliphatic heterocycles. The minimum atomic E-state index is -0.596. The Hall–Kier alpha value is -1.49. The van der Waals surface area contributed by atoms with Crippen molar-refractivity contribution in [2.45, 2.75) is 25.3 Å². The fourth-order valence-electron chi connectivity index (χ4n) is 3.05. The Bertz CT molecular complexity index is 474. The van der Waals surface area contributed by atoms with Crippen molar-refractivity contribution < 1.29 is 9.18 Å². The molecule has 102 valence electrons. The molecule has 0 aromatic carbocycles. The number of hydrogen-bond acceptors (Lipinski definition) is 3. The van der Waals surface area contributed by atoms with Gasteiger partial charge in [-0.15, -0.1) is 0 Å². The molecule has 0 spiro atoms. The van der Waals surface area contributed by atoms with Gasteiger partial charge in [0, 0.05) is 37.0 Å². The molecule has 3 rings (SSSR count). The van der Waals surface area contributed by atoms with Gasteiger partial charge in [-0.05, 0) is 38.4 Å². The van der Waals surface area contributed by atoms with Gasteiger partial charge in [0.1, 0.15) is 0 Å². The van der Waals surface area contributed by atoms with Crippen molar-refractivity contribution >= 4 is 5.91 Å². The van der Waals surface area contributed by atoms with Crippen molar-refractivity contribution in [2.75, 3.05) is 26.2 Å². The first-order valence-corrected chi connectivity index (χ1v) is 6.89. The van der Waals surface area contributed by atoms with Crippen molar-refractivity contribution in [2.24, 2.45) is 0 Å². The van der Waals surface area contributed by atoms with E-state index in [1.54, 1.807) is 6.07 Å². The Morgan fingerprint density at radius 2 is 2.11 bits per heavy atom. The predicted octanol–water partition coefficient (Wildman–Crippen LogP) is 1.53. The Kier molecular flexibility index (Phi) is 3.46. The minimum Gasteiger partial charge on any atom is -0.337 e. The van der Waals surface area contributed by atoms with Crippen LogP contribution in [0.1, 0.15) is 29.6 Å². The van der Waals surface area contributed by atoms with E-state index in [1.807, 2.05) is 4.90 Å². The highest BCUT2D eigenvalue weighted by Crippen LogP contribution is 2.21. The van der Waals surface area contributed by atoms with Crippen LogP contribution in [-0.4, -0.2) is 52.9 Å². The molecule has 0 N–H and O–H groups in total. The zero-order chi connectivity index (χ0) is 13.2. The van der Waals surface area contributed by atoms with Crippen LogP contribution in [0, 0.1) is 5.95 Å². The van der Waals surface area contributed by atoms with Gasteiger partial charge in [0.2, 0.25) is 5.95 Å². The maximum Gasteiger partial charge on any atom is 0.254 e. The van der Waals surface area contributed by atoms with Crippen LogP contribution < -0.4 is 0 Å². The van der Waals surface area contributed by atoms with E-state index >= 15 is 0 Å². The molecule has 1 amide bonds. The molecule has 1 atom stereocenters. The minimum absolute atomic E-state index is 0.0806. The number of carbonyl (C=O) groups excluding carboxylic acids is 1. The molecule has 0 aliphatic carbocycles. The monoisotopic (exact) mass is 263 g/mol. The summed E-state index contributed by atoms with van der Waals surface area (Å²) in [5, 5.41) is 0. The second-order valence-electron chi connectivity index (χ2n) is 5.30. The van der Waals surface area contributed by atoms with Gasteiger partial charge in [0.15, 0.2) is 0 Å². The molecule has 2 aliphatic rings. The highest BCUT2D eigenvalue weighted by atomic mass is 19.1. The lowest BCUT2D eigenvalue weighted by molar-refractivity contribution is 0.0779. The first kappa shape index (κ1) is 12.5. The molecular formula is C14H18FN3O. The molecule has 0 bridgehead atoms. The standard InChI is InChI=1S/C14H18FN3O/c15-13-9-11(3-5-16-13)14(19)18-8-4-12(10-18)17-6-1-2-7-17/h3,5,9,12H,1-2,4,6-8,10H2. The van der Waals surface area contributed by atoms with Gasteiger partial charge >= 0.3 is 0 Å². The molecule has 2 saturated heterocycles. The van der Waals surface area contributed by atoms with E-state index in [2.05, 4.69) is 9.88 Å². The quantitative estimate of drug-likeness (QED) is 0.759. The second-order valence-corrected chi connectivity index (χ2v) is 5.30. The van der Waals surface area contributed by atoms with Gasteiger partial charge < -0.3 is 4.90 Å². The summed E-state index contributed by atoms with van der Waals surface area (Å²) in [6.07, 6.45) is 4.90. The summed E-state index contributed by atoms with van der Waals surface area (Å²) in [7, 11) is 0. The molecule has 0 saturated carbocycles. The van der Waals surface area contributed by atoms with E-state index in [9.17, 15) is 9.18 Å². The smallest absolute Gasteiger partial charge is 0.254 e. The fraction of sp³-hybridized carbons (Fsp3) is 0.571. The largest absolute Gasteiger partial charge is 0.337 e. The third-order valence-electron chi connectivity index (χ3n) is 4.08. The molecular weight excluding hydrogens is 245 g/mol. The topological polar surface area (TPSA) is 36.4 Å². The number of carbonyl (C=O) groups is 1. The van der Waals surface area contributed by atoms with Crippen molar-refractivity contribution in [3.05, 3.63) is 29.8 Å². The fourth-order valence-corrected chi connectivity index (χ4v) is 3.05. The average molecular weight is 263 g/mol. The average Bonchev–Trinajstić information content (AvgIpc) is 3.08. The lowest BCUT2D eigenvalue weighted by Gasteiger charge is -2.23. The molecule has 3 heterocycles. The van der Waals surface area contributed by atoms with Crippen LogP contribution in [-0.2, 0) is 0 Å². The first-order chi connectivity index (χ1) is 9.24. The van der Waals surface area contributed by atoms with Crippen molar-refractivity contribution in [1.82, 2.24) is 14.8 Å².